The average molecular weight is 367 g/mol. The van der Waals surface area contributed by atoms with Crippen LogP contribution >= 0.6 is 11.6 Å². The zero-order valence-corrected chi connectivity index (χ0v) is 15.2. The molecule has 0 spiro atoms. The molecule has 7 heteroatoms. The van der Waals surface area contributed by atoms with Gasteiger partial charge in [0.1, 0.15) is 16.9 Å². The molecule has 6 nitrogen and oxygen atoms in total. The van der Waals surface area contributed by atoms with Crippen LogP contribution < -0.4 is 5.32 Å². The summed E-state index contributed by atoms with van der Waals surface area (Å²) < 4.78 is 5.11. The number of hydrogen-bond acceptors (Lipinski definition) is 5. The summed E-state index contributed by atoms with van der Waals surface area (Å²) in [6.07, 6.45) is -2.45. The molecule has 0 saturated carbocycles. The zero-order valence-electron chi connectivity index (χ0n) is 14.5. The minimum Gasteiger partial charge on any atom is -0.444 e. The van der Waals surface area contributed by atoms with Gasteiger partial charge in [-0.3, -0.25) is 0 Å². The van der Waals surface area contributed by atoms with Gasteiger partial charge in [0.15, 0.2) is 0 Å². The Bertz CT molecular complexity index is 745. The highest BCUT2D eigenvalue weighted by atomic mass is 35.5. The number of rotatable bonds is 5. The number of carbonyl (C=O) groups is 1. The van der Waals surface area contributed by atoms with Crippen molar-refractivity contribution in [1.29, 1.82) is 0 Å². The van der Waals surface area contributed by atoms with E-state index in [1.165, 1.54) is 0 Å². The number of aliphatic hydroxyl groups excluding tert-OH is 2. The van der Waals surface area contributed by atoms with Crippen molar-refractivity contribution in [1.82, 2.24) is 10.3 Å². The summed E-state index contributed by atoms with van der Waals surface area (Å²) in [7, 11) is 0. The average Bonchev–Trinajstić information content (AvgIpc) is 2.51. The van der Waals surface area contributed by atoms with E-state index in [1.807, 2.05) is 0 Å². The molecule has 1 amide bonds. The second-order valence-electron chi connectivity index (χ2n) is 6.82. The summed E-state index contributed by atoms with van der Waals surface area (Å²) in [5.41, 5.74) is 0.704. The first-order chi connectivity index (χ1) is 11.7. The van der Waals surface area contributed by atoms with Gasteiger partial charge in [-0.15, -0.1) is 0 Å². The second kappa shape index (κ2) is 7.99. The number of hydrogen-bond donors (Lipinski definition) is 3. The van der Waals surface area contributed by atoms with Gasteiger partial charge in [-0.25, -0.2) is 9.78 Å². The first-order valence-corrected chi connectivity index (χ1v) is 8.43. The lowest BCUT2D eigenvalue weighted by atomic mass is 10.0. The van der Waals surface area contributed by atoms with Crippen molar-refractivity contribution in [2.45, 2.75) is 45.0 Å². The van der Waals surface area contributed by atoms with Gasteiger partial charge in [0.05, 0.1) is 11.6 Å². The zero-order chi connectivity index (χ0) is 18.6. The number of pyridine rings is 1. The molecule has 0 fully saturated rings. The van der Waals surface area contributed by atoms with Crippen LogP contribution in [-0.4, -0.2) is 39.5 Å². The normalized spacial score (nSPS) is 14.2. The van der Waals surface area contributed by atoms with E-state index in [9.17, 15) is 15.0 Å². The third-order valence-electron chi connectivity index (χ3n) is 3.49. The van der Waals surface area contributed by atoms with Crippen LogP contribution in [0.5, 0.6) is 0 Å². The molecule has 0 aliphatic carbocycles. The lowest BCUT2D eigenvalue weighted by molar-refractivity contribution is 0.0124. The molecule has 0 saturated heterocycles. The van der Waals surface area contributed by atoms with Gasteiger partial charge in [0, 0.05) is 11.9 Å². The topological polar surface area (TPSA) is 91.7 Å². The minimum absolute atomic E-state index is 0.192. The van der Waals surface area contributed by atoms with Crippen LogP contribution in [0, 0.1) is 0 Å². The van der Waals surface area contributed by atoms with Gasteiger partial charge in [0.25, 0.3) is 0 Å². The Hall–Kier alpha value is -1.89. The predicted molar refractivity (Wildman–Crippen MR) is 96.6 cm³/mol. The number of nitrogens with one attached hydrogen (secondary N) is 1. The van der Waals surface area contributed by atoms with Gasteiger partial charge >= 0.3 is 6.09 Å². The fraction of sp³-hybridized carbons (Fsp3) is 0.444. The quantitative estimate of drug-likeness (QED) is 0.707. The molecular formula is C18H23ClN2O4. The van der Waals surface area contributed by atoms with Gasteiger partial charge in [-0.1, -0.05) is 17.7 Å². The van der Waals surface area contributed by atoms with Crippen molar-refractivity contribution in [2.75, 3.05) is 6.54 Å². The number of amides is 1. The first-order valence-electron chi connectivity index (χ1n) is 8.05. The van der Waals surface area contributed by atoms with Crippen LogP contribution in [0.2, 0.25) is 5.15 Å². The first kappa shape index (κ1) is 19.4. The Morgan fingerprint density at radius 3 is 2.68 bits per heavy atom. The van der Waals surface area contributed by atoms with E-state index in [2.05, 4.69) is 10.3 Å². The number of alkyl carbamates (subject to hydrolysis) is 1. The van der Waals surface area contributed by atoms with E-state index in [1.54, 1.807) is 51.1 Å². The van der Waals surface area contributed by atoms with Crippen molar-refractivity contribution >= 4 is 28.6 Å². The van der Waals surface area contributed by atoms with Crippen LogP contribution in [0.4, 0.5) is 4.79 Å². The molecule has 1 aromatic carbocycles. The molecule has 0 radical (unpaired) electrons. The molecule has 0 bridgehead atoms. The number of aliphatic hydroxyl groups is 2. The number of benzene rings is 1. The Morgan fingerprint density at radius 2 is 2.00 bits per heavy atom. The molecule has 25 heavy (non-hydrogen) atoms. The lowest BCUT2D eigenvalue weighted by Crippen LogP contribution is -2.34. The van der Waals surface area contributed by atoms with Gasteiger partial charge < -0.3 is 20.3 Å². The maximum Gasteiger partial charge on any atom is 0.407 e. The van der Waals surface area contributed by atoms with Gasteiger partial charge in [0.2, 0.25) is 0 Å². The maximum absolute atomic E-state index is 11.6. The number of carbonyl (C=O) groups excluding carboxylic acids is 1. The molecule has 0 aliphatic rings. The van der Waals surface area contributed by atoms with Crippen molar-refractivity contribution in [3.8, 4) is 0 Å². The molecule has 0 aliphatic heterocycles. The molecule has 2 atom stereocenters. The predicted octanol–water partition coefficient (Wildman–Crippen LogP) is 3.20. The van der Waals surface area contributed by atoms with Crippen LogP contribution in [-0.2, 0) is 4.74 Å². The van der Waals surface area contributed by atoms with E-state index in [4.69, 9.17) is 16.3 Å². The maximum atomic E-state index is 11.6. The van der Waals surface area contributed by atoms with Crippen LogP contribution in [0.1, 0.15) is 38.9 Å². The van der Waals surface area contributed by atoms with Crippen molar-refractivity contribution in [3.05, 3.63) is 41.0 Å². The Labute approximate surface area is 151 Å². The summed E-state index contributed by atoms with van der Waals surface area (Å²) in [6, 6.07) is 8.67. The lowest BCUT2D eigenvalue weighted by Gasteiger charge is -2.21. The van der Waals surface area contributed by atoms with Crippen LogP contribution in [0.3, 0.4) is 0 Å². The highest BCUT2D eigenvalue weighted by molar-refractivity contribution is 6.29. The SMILES string of the molecule is CC(C)(C)OC(=O)NCCC(O)C(O)c1ccc2nc(Cl)ccc2c1. The summed E-state index contributed by atoms with van der Waals surface area (Å²) in [6.45, 7) is 5.50. The molecule has 2 aromatic rings. The largest absolute Gasteiger partial charge is 0.444 e. The molecular weight excluding hydrogens is 344 g/mol. The fourth-order valence-electron chi connectivity index (χ4n) is 2.32. The molecule has 136 valence electrons. The number of nitrogens with zero attached hydrogens (tertiary/aromatic N) is 1. The van der Waals surface area contributed by atoms with E-state index in [-0.39, 0.29) is 13.0 Å². The third-order valence-corrected chi connectivity index (χ3v) is 3.70. The molecule has 1 aromatic heterocycles. The Morgan fingerprint density at radius 1 is 1.28 bits per heavy atom. The number of fused-ring (bicyclic) bond motifs is 1. The van der Waals surface area contributed by atoms with Gasteiger partial charge in [-0.05, 0) is 57.0 Å². The minimum atomic E-state index is -1.07. The van der Waals surface area contributed by atoms with Crippen LogP contribution in [0.15, 0.2) is 30.3 Å². The summed E-state index contributed by atoms with van der Waals surface area (Å²) in [5, 5.41) is 24.2. The highest BCUT2D eigenvalue weighted by Crippen LogP contribution is 2.24. The number of ether oxygens (including phenoxy) is 1. The van der Waals surface area contributed by atoms with Crippen LogP contribution in [0.25, 0.3) is 10.9 Å². The summed E-state index contributed by atoms with van der Waals surface area (Å²) >= 11 is 5.85. The van der Waals surface area contributed by atoms with Crippen molar-refractivity contribution in [3.63, 3.8) is 0 Å². The Kier molecular flexibility index (Phi) is 6.21. The van der Waals surface area contributed by atoms with E-state index < -0.39 is 23.9 Å². The van der Waals surface area contributed by atoms with Crippen molar-refractivity contribution in [2.24, 2.45) is 0 Å². The molecule has 2 rings (SSSR count). The standard InChI is InChI=1S/C18H23ClN2O4/c1-18(2,3)25-17(24)20-9-8-14(22)16(23)12-4-6-13-11(10-12)5-7-15(19)21-13/h4-7,10,14,16,22-23H,8-9H2,1-3H3,(H,20,24). The highest BCUT2D eigenvalue weighted by Gasteiger charge is 2.20. The molecule has 3 N–H and O–H groups in total. The monoisotopic (exact) mass is 366 g/mol. The third kappa shape index (κ3) is 5.85. The van der Waals surface area contributed by atoms with E-state index in [0.717, 1.165) is 5.39 Å². The van der Waals surface area contributed by atoms with Crippen molar-refractivity contribution < 1.29 is 19.7 Å². The van der Waals surface area contributed by atoms with E-state index in [0.29, 0.717) is 16.2 Å². The number of halogens is 1. The fourth-order valence-corrected chi connectivity index (χ4v) is 2.47. The second-order valence-corrected chi connectivity index (χ2v) is 7.20. The van der Waals surface area contributed by atoms with Gasteiger partial charge in [-0.2, -0.15) is 0 Å². The molecule has 1 heterocycles. The number of aromatic nitrogens is 1. The smallest absolute Gasteiger partial charge is 0.407 e. The van der Waals surface area contributed by atoms with E-state index >= 15 is 0 Å². The Balaban J connectivity index is 1.92. The summed E-state index contributed by atoms with van der Waals surface area (Å²) in [4.78, 5) is 15.7. The molecule has 2 unspecified atom stereocenters. The summed E-state index contributed by atoms with van der Waals surface area (Å²) in [5.74, 6) is 0.